The number of likely N-dealkylation sites (N-methyl/N-ethyl adjacent to an activating group) is 1. The van der Waals surface area contributed by atoms with Gasteiger partial charge < -0.3 is 5.73 Å². The fourth-order valence-corrected chi connectivity index (χ4v) is 1.79. The highest BCUT2D eigenvalue weighted by Crippen LogP contribution is 2.12. The van der Waals surface area contributed by atoms with Gasteiger partial charge in [-0.1, -0.05) is 47.2 Å². The van der Waals surface area contributed by atoms with E-state index in [1.807, 2.05) is 12.1 Å². The molecule has 0 saturated heterocycles. The molecule has 0 fully saturated rings. The molecule has 0 aromatic heterocycles. The van der Waals surface area contributed by atoms with Gasteiger partial charge in [0, 0.05) is 17.6 Å². The molecule has 82 valence electrons. The van der Waals surface area contributed by atoms with Gasteiger partial charge in [-0.05, 0) is 24.2 Å². The molecule has 2 nitrogen and oxygen atoms in total. The third-order valence-corrected chi connectivity index (χ3v) is 2.80. The second-order valence-corrected chi connectivity index (χ2v) is 4.84. The van der Waals surface area contributed by atoms with E-state index in [4.69, 9.17) is 18.0 Å². The molecule has 0 amide bonds. The normalized spacial score (nSPS) is 10.6. The van der Waals surface area contributed by atoms with Gasteiger partial charge in [-0.15, -0.1) is 0 Å². The lowest BCUT2D eigenvalue weighted by molar-refractivity contribution is 0.321. The van der Waals surface area contributed by atoms with E-state index in [1.54, 1.807) is 0 Å². The summed E-state index contributed by atoms with van der Waals surface area (Å²) in [6.45, 7) is 4.63. The minimum Gasteiger partial charge on any atom is -0.392 e. The van der Waals surface area contributed by atoms with Crippen LogP contribution in [0.1, 0.15) is 12.5 Å². The monoisotopic (exact) mass is 286 g/mol. The van der Waals surface area contributed by atoms with Crippen molar-refractivity contribution in [2.24, 2.45) is 5.73 Å². The van der Waals surface area contributed by atoms with Crippen molar-refractivity contribution in [3.63, 3.8) is 0 Å². The van der Waals surface area contributed by atoms with Gasteiger partial charge in [0.25, 0.3) is 0 Å². The Morgan fingerprint density at radius 1 is 1.40 bits per heavy atom. The fourth-order valence-electron chi connectivity index (χ4n) is 1.35. The van der Waals surface area contributed by atoms with Crippen LogP contribution in [0.5, 0.6) is 0 Å². The highest BCUT2D eigenvalue weighted by molar-refractivity contribution is 9.10. The molecular formula is C11H15BrN2S. The lowest BCUT2D eigenvalue weighted by Gasteiger charge is -2.19. The van der Waals surface area contributed by atoms with Gasteiger partial charge in [0.2, 0.25) is 0 Å². The van der Waals surface area contributed by atoms with Gasteiger partial charge in [0.05, 0.1) is 4.99 Å². The number of nitrogens with zero attached hydrogens (tertiary/aromatic N) is 1. The van der Waals surface area contributed by atoms with E-state index in [2.05, 4.69) is 39.9 Å². The number of benzene rings is 1. The lowest BCUT2D eigenvalue weighted by atomic mass is 10.2. The first kappa shape index (κ1) is 12.6. The van der Waals surface area contributed by atoms with E-state index in [1.165, 1.54) is 5.56 Å². The predicted octanol–water partition coefficient (Wildman–Crippen LogP) is 2.56. The van der Waals surface area contributed by atoms with Crippen LogP contribution in [0.15, 0.2) is 28.7 Å². The molecular weight excluding hydrogens is 272 g/mol. The molecule has 0 heterocycles. The Kier molecular flexibility index (Phi) is 5.22. The first-order valence-electron chi connectivity index (χ1n) is 4.87. The minimum atomic E-state index is 0.550. The SMILES string of the molecule is CCN(CC(N)=S)Cc1ccc(Br)cc1. The van der Waals surface area contributed by atoms with Gasteiger partial charge >= 0.3 is 0 Å². The Morgan fingerprint density at radius 3 is 2.47 bits per heavy atom. The molecule has 15 heavy (non-hydrogen) atoms. The van der Waals surface area contributed by atoms with Crippen molar-refractivity contribution < 1.29 is 0 Å². The van der Waals surface area contributed by atoms with E-state index in [0.29, 0.717) is 11.5 Å². The molecule has 0 aliphatic rings. The molecule has 0 saturated carbocycles. The highest BCUT2D eigenvalue weighted by Gasteiger charge is 2.04. The number of nitrogens with two attached hydrogens (primary N) is 1. The maximum Gasteiger partial charge on any atom is 0.0870 e. The molecule has 0 aliphatic carbocycles. The van der Waals surface area contributed by atoms with Gasteiger partial charge in [-0.2, -0.15) is 0 Å². The van der Waals surface area contributed by atoms with Gasteiger partial charge in [0.1, 0.15) is 0 Å². The summed E-state index contributed by atoms with van der Waals surface area (Å²) in [5.41, 5.74) is 6.80. The first-order chi connectivity index (χ1) is 7.11. The minimum absolute atomic E-state index is 0.550. The van der Waals surface area contributed by atoms with Crippen molar-refractivity contribution in [3.8, 4) is 0 Å². The van der Waals surface area contributed by atoms with E-state index in [-0.39, 0.29) is 0 Å². The Balaban J connectivity index is 2.58. The summed E-state index contributed by atoms with van der Waals surface area (Å²) < 4.78 is 1.10. The molecule has 4 heteroatoms. The van der Waals surface area contributed by atoms with E-state index in [0.717, 1.165) is 17.6 Å². The molecule has 0 atom stereocenters. The zero-order valence-corrected chi connectivity index (χ0v) is 11.1. The van der Waals surface area contributed by atoms with Crippen LogP contribution in [-0.2, 0) is 6.54 Å². The average Bonchev–Trinajstić information content (AvgIpc) is 2.19. The van der Waals surface area contributed by atoms with Crippen LogP contribution in [0, 0.1) is 0 Å². The van der Waals surface area contributed by atoms with Crippen LogP contribution in [-0.4, -0.2) is 23.0 Å². The van der Waals surface area contributed by atoms with Crippen molar-refractivity contribution in [2.75, 3.05) is 13.1 Å². The first-order valence-corrected chi connectivity index (χ1v) is 6.07. The average molecular weight is 287 g/mol. The summed E-state index contributed by atoms with van der Waals surface area (Å²) in [6, 6.07) is 8.30. The molecule has 1 rings (SSSR count). The van der Waals surface area contributed by atoms with Crippen molar-refractivity contribution in [1.82, 2.24) is 4.90 Å². The lowest BCUT2D eigenvalue weighted by Crippen LogP contribution is -2.32. The Bertz CT molecular complexity index is 324. The Morgan fingerprint density at radius 2 is 2.00 bits per heavy atom. The standard InChI is InChI=1S/C11H15BrN2S/c1-2-14(8-11(13)15)7-9-3-5-10(12)6-4-9/h3-6H,2,7-8H2,1H3,(H2,13,15). The molecule has 0 radical (unpaired) electrons. The second-order valence-electron chi connectivity index (χ2n) is 3.40. The Labute approximate surface area is 105 Å². The fraction of sp³-hybridized carbons (Fsp3) is 0.364. The van der Waals surface area contributed by atoms with Gasteiger partial charge in [-0.25, -0.2) is 0 Å². The maximum absolute atomic E-state index is 5.53. The van der Waals surface area contributed by atoms with Crippen LogP contribution in [0.2, 0.25) is 0 Å². The second kappa shape index (κ2) is 6.20. The topological polar surface area (TPSA) is 29.3 Å². The molecule has 1 aromatic rings. The Hall–Kier alpha value is -0.450. The number of rotatable bonds is 5. The number of halogens is 1. The molecule has 0 unspecified atom stereocenters. The smallest absolute Gasteiger partial charge is 0.0870 e. The van der Waals surface area contributed by atoms with Crippen molar-refractivity contribution in [1.29, 1.82) is 0 Å². The third-order valence-electron chi connectivity index (χ3n) is 2.15. The van der Waals surface area contributed by atoms with Crippen LogP contribution < -0.4 is 5.73 Å². The number of hydrogen-bond donors (Lipinski definition) is 1. The summed E-state index contributed by atoms with van der Waals surface area (Å²) in [5, 5.41) is 0. The summed E-state index contributed by atoms with van der Waals surface area (Å²) in [7, 11) is 0. The van der Waals surface area contributed by atoms with Crippen LogP contribution in [0.4, 0.5) is 0 Å². The third kappa shape index (κ3) is 4.73. The number of thiocarbonyl (C=S) groups is 1. The van der Waals surface area contributed by atoms with Crippen molar-refractivity contribution >= 4 is 33.1 Å². The van der Waals surface area contributed by atoms with E-state index < -0.39 is 0 Å². The van der Waals surface area contributed by atoms with E-state index in [9.17, 15) is 0 Å². The van der Waals surface area contributed by atoms with Crippen LogP contribution in [0.25, 0.3) is 0 Å². The predicted molar refractivity (Wildman–Crippen MR) is 71.9 cm³/mol. The maximum atomic E-state index is 5.53. The summed E-state index contributed by atoms with van der Waals surface area (Å²) in [4.78, 5) is 2.76. The molecule has 2 N–H and O–H groups in total. The van der Waals surface area contributed by atoms with Crippen LogP contribution in [0.3, 0.4) is 0 Å². The number of hydrogen-bond acceptors (Lipinski definition) is 2. The van der Waals surface area contributed by atoms with E-state index >= 15 is 0 Å². The zero-order chi connectivity index (χ0) is 11.3. The van der Waals surface area contributed by atoms with Gasteiger partial charge in [-0.3, -0.25) is 4.90 Å². The van der Waals surface area contributed by atoms with Crippen molar-refractivity contribution in [3.05, 3.63) is 34.3 Å². The van der Waals surface area contributed by atoms with Gasteiger partial charge in [0.15, 0.2) is 0 Å². The molecule has 0 bridgehead atoms. The summed E-state index contributed by atoms with van der Waals surface area (Å²) in [5.74, 6) is 0. The highest BCUT2D eigenvalue weighted by atomic mass is 79.9. The largest absolute Gasteiger partial charge is 0.392 e. The summed E-state index contributed by atoms with van der Waals surface area (Å²) in [6.07, 6.45) is 0. The quantitative estimate of drug-likeness (QED) is 0.844. The molecule has 0 aliphatic heterocycles. The summed E-state index contributed by atoms with van der Waals surface area (Å²) >= 11 is 8.32. The molecule has 1 aromatic carbocycles. The van der Waals surface area contributed by atoms with Crippen LogP contribution >= 0.6 is 28.1 Å². The zero-order valence-electron chi connectivity index (χ0n) is 8.74. The molecule has 0 spiro atoms. The van der Waals surface area contributed by atoms with Crippen molar-refractivity contribution in [2.45, 2.75) is 13.5 Å².